The summed E-state index contributed by atoms with van der Waals surface area (Å²) in [7, 11) is 0. The predicted molar refractivity (Wildman–Crippen MR) is 84.3 cm³/mol. The highest BCUT2D eigenvalue weighted by molar-refractivity contribution is 6.35. The first-order chi connectivity index (χ1) is 10.0. The molecule has 0 aliphatic carbocycles. The lowest BCUT2D eigenvalue weighted by Crippen LogP contribution is -2.19. The first-order valence-electron chi connectivity index (χ1n) is 6.38. The molecule has 0 aromatic heterocycles. The van der Waals surface area contributed by atoms with E-state index in [9.17, 15) is 4.79 Å². The summed E-state index contributed by atoms with van der Waals surface area (Å²) in [6.07, 6.45) is 1.12. The van der Waals surface area contributed by atoms with E-state index in [1.165, 1.54) is 0 Å². The molecule has 2 aromatic carbocycles. The SMILES string of the molecule is Nc1cc2c(cc1Oc1ccc(Cl)cc1Cl)CCC(=O)N2. The summed E-state index contributed by atoms with van der Waals surface area (Å²) in [6, 6.07) is 8.51. The molecule has 3 rings (SSSR count). The average Bonchev–Trinajstić information content (AvgIpc) is 2.42. The first-order valence-corrected chi connectivity index (χ1v) is 7.13. The van der Waals surface area contributed by atoms with Crippen molar-refractivity contribution in [3.8, 4) is 11.5 Å². The summed E-state index contributed by atoms with van der Waals surface area (Å²) in [4.78, 5) is 11.4. The fourth-order valence-electron chi connectivity index (χ4n) is 2.19. The van der Waals surface area contributed by atoms with Crippen molar-refractivity contribution in [1.82, 2.24) is 0 Å². The second-order valence-electron chi connectivity index (χ2n) is 4.77. The molecule has 0 saturated heterocycles. The number of nitrogens with one attached hydrogen (secondary N) is 1. The number of carbonyl (C=O) groups is 1. The molecule has 1 amide bonds. The zero-order valence-corrected chi connectivity index (χ0v) is 12.5. The predicted octanol–water partition coefficient (Wildman–Crippen LogP) is 4.25. The highest BCUT2D eigenvalue weighted by Crippen LogP contribution is 2.37. The third kappa shape index (κ3) is 2.91. The smallest absolute Gasteiger partial charge is 0.224 e. The van der Waals surface area contributed by atoms with Crippen LogP contribution in [0.4, 0.5) is 11.4 Å². The molecule has 108 valence electrons. The van der Waals surface area contributed by atoms with Crippen molar-refractivity contribution in [2.75, 3.05) is 11.1 Å². The third-order valence-electron chi connectivity index (χ3n) is 3.24. The zero-order valence-electron chi connectivity index (χ0n) is 11.0. The molecule has 1 heterocycles. The molecule has 0 atom stereocenters. The molecule has 0 saturated carbocycles. The Morgan fingerprint density at radius 1 is 1.10 bits per heavy atom. The second kappa shape index (κ2) is 5.47. The number of anilines is 2. The van der Waals surface area contributed by atoms with Crippen LogP contribution in [0.2, 0.25) is 10.0 Å². The lowest BCUT2D eigenvalue weighted by Gasteiger charge is -2.19. The Morgan fingerprint density at radius 3 is 2.67 bits per heavy atom. The lowest BCUT2D eigenvalue weighted by atomic mass is 10.0. The maximum Gasteiger partial charge on any atom is 0.224 e. The van der Waals surface area contributed by atoms with Gasteiger partial charge in [-0.1, -0.05) is 23.2 Å². The van der Waals surface area contributed by atoms with Crippen molar-refractivity contribution in [2.24, 2.45) is 0 Å². The summed E-state index contributed by atoms with van der Waals surface area (Å²) in [5.41, 5.74) is 8.13. The molecule has 0 bridgehead atoms. The molecule has 0 unspecified atom stereocenters. The summed E-state index contributed by atoms with van der Waals surface area (Å²) in [5, 5.41) is 3.74. The van der Waals surface area contributed by atoms with E-state index in [1.807, 2.05) is 6.07 Å². The number of halogens is 2. The van der Waals surface area contributed by atoms with Gasteiger partial charge in [0.15, 0.2) is 5.75 Å². The molecule has 3 N–H and O–H groups in total. The van der Waals surface area contributed by atoms with Gasteiger partial charge in [0.2, 0.25) is 5.91 Å². The number of hydrogen-bond acceptors (Lipinski definition) is 3. The number of amides is 1. The Kier molecular flexibility index (Phi) is 3.66. The van der Waals surface area contributed by atoms with E-state index in [0.717, 1.165) is 11.3 Å². The molecule has 4 nitrogen and oxygen atoms in total. The number of carbonyl (C=O) groups excluding carboxylic acids is 1. The monoisotopic (exact) mass is 322 g/mol. The Balaban J connectivity index is 1.94. The number of fused-ring (bicyclic) bond motifs is 1. The van der Waals surface area contributed by atoms with Gasteiger partial charge in [-0.05, 0) is 42.3 Å². The van der Waals surface area contributed by atoms with Crippen LogP contribution in [-0.2, 0) is 11.2 Å². The third-order valence-corrected chi connectivity index (χ3v) is 3.78. The van der Waals surface area contributed by atoms with Gasteiger partial charge in [-0.3, -0.25) is 4.79 Å². The summed E-state index contributed by atoms with van der Waals surface area (Å²) >= 11 is 11.9. The van der Waals surface area contributed by atoms with E-state index in [2.05, 4.69) is 5.32 Å². The second-order valence-corrected chi connectivity index (χ2v) is 5.62. The van der Waals surface area contributed by atoms with E-state index in [-0.39, 0.29) is 5.91 Å². The topological polar surface area (TPSA) is 64.3 Å². The normalized spacial score (nSPS) is 13.5. The number of ether oxygens (including phenoxy) is 1. The van der Waals surface area contributed by atoms with Gasteiger partial charge >= 0.3 is 0 Å². The lowest BCUT2D eigenvalue weighted by molar-refractivity contribution is -0.116. The van der Waals surface area contributed by atoms with Crippen LogP contribution < -0.4 is 15.8 Å². The minimum absolute atomic E-state index is 0.00341. The van der Waals surface area contributed by atoms with Crippen molar-refractivity contribution in [2.45, 2.75) is 12.8 Å². The minimum atomic E-state index is -0.00341. The molecule has 21 heavy (non-hydrogen) atoms. The fraction of sp³-hybridized carbons (Fsp3) is 0.133. The van der Waals surface area contributed by atoms with Gasteiger partial charge in [-0.2, -0.15) is 0 Å². The Morgan fingerprint density at radius 2 is 1.90 bits per heavy atom. The molecular weight excluding hydrogens is 311 g/mol. The van der Waals surface area contributed by atoms with Gasteiger partial charge in [-0.15, -0.1) is 0 Å². The molecule has 0 fully saturated rings. The molecule has 6 heteroatoms. The number of rotatable bonds is 2. The van der Waals surface area contributed by atoms with Crippen LogP contribution in [0.25, 0.3) is 0 Å². The molecule has 0 spiro atoms. The van der Waals surface area contributed by atoms with Crippen LogP contribution in [0.3, 0.4) is 0 Å². The molecule has 2 aromatic rings. The first kappa shape index (κ1) is 14.0. The number of nitrogens with two attached hydrogens (primary N) is 1. The highest BCUT2D eigenvalue weighted by atomic mass is 35.5. The molecule has 1 aliphatic rings. The van der Waals surface area contributed by atoms with Gasteiger partial charge in [0.05, 0.1) is 10.7 Å². The van der Waals surface area contributed by atoms with Crippen LogP contribution in [0, 0.1) is 0 Å². The van der Waals surface area contributed by atoms with E-state index in [4.69, 9.17) is 33.7 Å². The van der Waals surface area contributed by atoms with E-state index >= 15 is 0 Å². The number of hydrogen-bond donors (Lipinski definition) is 2. The number of aryl methyl sites for hydroxylation is 1. The summed E-state index contributed by atoms with van der Waals surface area (Å²) in [6.45, 7) is 0. The van der Waals surface area contributed by atoms with Crippen molar-refractivity contribution < 1.29 is 9.53 Å². The van der Waals surface area contributed by atoms with Crippen molar-refractivity contribution in [3.63, 3.8) is 0 Å². The number of benzene rings is 2. The maximum atomic E-state index is 11.4. The van der Waals surface area contributed by atoms with E-state index in [1.54, 1.807) is 24.3 Å². The molecule has 1 aliphatic heterocycles. The maximum absolute atomic E-state index is 11.4. The Bertz CT molecular complexity index is 732. The van der Waals surface area contributed by atoms with Crippen LogP contribution in [0.15, 0.2) is 30.3 Å². The van der Waals surface area contributed by atoms with Crippen LogP contribution in [0.1, 0.15) is 12.0 Å². The van der Waals surface area contributed by atoms with Crippen LogP contribution in [-0.4, -0.2) is 5.91 Å². The molecular formula is C15H12Cl2N2O2. The fourth-order valence-corrected chi connectivity index (χ4v) is 2.63. The minimum Gasteiger partial charge on any atom is -0.454 e. The van der Waals surface area contributed by atoms with Crippen LogP contribution >= 0.6 is 23.2 Å². The van der Waals surface area contributed by atoms with Crippen molar-refractivity contribution in [3.05, 3.63) is 45.9 Å². The number of nitrogen functional groups attached to an aromatic ring is 1. The van der Waals surface area contributed by atoms with Crippen LogP contribution in [0.5, 0.6) is 11.5 Å². The Labute approximate surface area is 131 Å². The quantitative estimate of drug-likeness (QED) is 0.812. The van der Waals surface area contributed by atoms with Gasteiger partial charge in [0.1, 0.15) is 5.75 Å². The standard InChI is InChI=1S/C15H12Cl2N2O2/c16-9-2-3-13(10(17)6-9)21-14-5-8-1-4-15(20)19-12(8)7-11(14)18/h2-3,5-7H,1,4,18H2,(H,19,20). The summed E-state index contributed by atoms with van der Waals surface area (Å²) < 4.78 is 5.76. The van der Waals surface area contributed by atoms with E-state index < -0.39 is 0 Å². The Hall–Kier alpha value is -1.91. The largest absolute Gasteiger partial charge is 0.454 e. The van der Waals surface area contributed by atoms with E-state index in [0.29, 0.717) is 40.1 Å². The van der Waals surface area contributed by atoms with Crippen molar-refractivity contribution in [1.29, 1.82) is 0 Å². The average molecular weight is 323 g/mol. The zero-order chi connectivity index (χ0) is 15.0. The van der Waals surface area contributed by atoms with Gasteiger partial charge in [-0.25, -0.2) is 0 Å². The molecule has 0 radical (unpaired) electrons. The van der Waals surface area contributed by atoms with Gasteiger partial charge in [0.25, 0.3) is 0 Å². The van der Waals surface area contributed by atoms with Gasteiger partial charge in [0, 0.05) is 17.1 Å². The highest BCUT2D eigenvalue weighted by Gasteiger charge is 2.18. The van der Waals surface area contributed by atoms with Gasteiger partial charge < -0.3 is 15.8 Å². The van der Waals surface area contributed by atoms with Crippen molar-refractivity contribution >= 4 is 40.5 Å². The summed E-state index contributed by atoms with van der Waals surface area (Å²) in [5.74, 6) is 0.984.